The van der Waals surface area contributed by atoms with Crippen molar-refractivity contribution in [2.75, 3.05) is 19.7 Å². The van der Waals surface area contributed by atoms with Crippen LogP contribution in [0.2, 0.25) is 5.02 Å². The Morgan fingerprint density at radius 3 is 2.63 bits per heavy atom. The van der Waals surface area contributed by atoms with Crippen molar-refractivity contribution < 1.29 is 4.74 Å². The van der Waals surface area contributed by atoms with Crippen LogP contribution in [0.3, 0.4) is 0 Å². The molecule has 2 fully saturated rings. The van der Waals surface area contributed by atoms with Gasteiger partial charge in [-0.15, -0.1) is 0 Å². The van der Waals surface area contributed by atoms with Gasteiger partial charge in [0.15, 0.2) is 0 Å². The molecule has 0 radical (unpaired) electrons. The van der Waals surface area contributed by atoms with E-state index in [0.717, 1.165) is 36.4 Å². The van der Waals surface area contributed by atoms with Gasteiger partial charge in [0.25, 0.3) is 0 Å². The van der Waals surface area contributed by atoms with Crippen molar-refractivity contribution in [3.05, 3.63) is 28.8 Å². The first kappa shape index (κ1) is 13.3. The fourth-order valence-corrected chi connectivity index (χ4v) is 3.15. The van der Waals surface area contributed by atoms with Crippen LogP contribution in [0.25, 0.3) is 0 Å². The Balaban J connectivity index is 1.73. The van der Waals surface area contributed by atoms with E-state index in [1.165, 1.54) is 37.7 Å². The van der Waals surface area contributed by atoms with Gasteiger partial charge in [0.2, 0.25) is 0 Å². The normalized spacial score (nSPS) is 21.1. The number of nitrogens with one attached hydrogen (secondary N) is 1. The molecular weight excluding hydrogens is 258 g/mol. The van der Waals surface area contributed by atoms with Gasteiger partial charge in [0.1, 0.15) is 5.75 Å². The molecule has 1 aliphatic carbocycles. The van der Waals surface area contributed by atoms with Gasteiger partial charge in [-0.25, -0.2) is 0 Å². The zero-order chi connectivity index (χ0) is 13.1. The van der Waals surface area contributed by atoms with E-state index in [-0.39, 0.29) is 0 Å². The molecule has 0 spiro atoms. The van der Waals surface area contributed by atoms with Crippen LogP contribution in [0, 0.1) is 5.92 Å². The number of benzene rings is 1. The first-order chi connectivity index (χ1) is 9.33. The number of halogens is 1. The van der Waals surface area contributed by atoms with E-state index in [1.54, 1.807) is 0 Å². The molecule has 1 N–H and O–H groups in total. The Morgan fingerprint density at radius 1 is 1.16 bits per heavy atom. The maximum Gasteiger partial charge on any atom is 0.122 e. The summed E-state index contributed by atoms with van der Waals surface area (Å²) in [5.74, 6) is 2.43. The Labute approximate surface area is 120 Å². The summed E-state index contributed by atoms with van der Waals surface area (Å²) >= 11 is 6.17. The molecule has 104 valence electrons. The quantitative estimate of drug-likeness (QED) is 0.900. The van der Waals surface area contributed by atoms with Gasteiger partial charge in [-0.2, -0.15) is 0 Å². The molecule has 1 aromatic carbocycles. The molecule has 0 amide bonds. The molecule has 3 rings (SSSR count). The Morgan fingerprint density at radius 2 is 1.95 bits per heavy atom. The molecule has 1 aromatic rings. The van der Waals surface area contributed by atoms with Gasteiger partial charge >= 0.3 is 0 Å². The van der Waals surface area contributed by atoms with Gasteiger partial charge in [0, 0.05) is 5.02 Å². The fourth-order valence-electron chi connectivity index (χ4n) is 2.97. The van der Waals surface area contributed by atoms with Crippen LogP contribution < -0.4 is 10.1 Å². The molecule has 2 nitrogen and oxygen atoms in total. The minimum absolute atomic E-state index is 0.594. The van der Waals surface area contributed by atoms with Crippen molar-refractivity contribution in [2.45, 2.75) is 38.0 Å². The van der Waals surface area contributed by atoms with Crippen LogP contribution >= 0.6 is 11.6 Å². The summed E-state index contributed by atoms with van der Waals surface area (Å²) in [5, 5.41) is 4.24. The Hall–Kier alpha value is -0.730. The molecule has 0 bridgehead atoms. The lowest BCUT2D eigenvalue weighted by atomic mass is 9.86. The van der Waals surface area contributed by atoms with Crippen molar-refractivity contribution >= 4 is 11.6 Å². The summed E-state index contributed by atoms with van der Waals surface area (Å²) in [6.45, 7) is 3.07. The minimum atomic E-state index is 0.594. The zero-order valence-electron chi connectivity index (χ0n) is 11.3. The molecule has 19 heavy (non-hydrogen) atoms. The molecule has 0 atom stereocenters. The van der Waals surface area contributed by atoms with E-state index in [2.05, 4.69) is 17.4 Å². The average Bonchev–Trinajstić information content (AvgIpc) is 2.39. The third-order valence-electron chi connectivity index (χ3n) is 4.45. The molecule has 1 heterocycles. The predicted octanol–water partition coefficient (Wildman–Crippen LogP) is 3.99. The van der Waals surface area contributed by atoms with Crippen LogP contribution in [-0.4, -0.2) is 19.7 Å². The summed E-state index contributed by atoms with van der Waals surface area (Å²) in [6, 6.07) is 6.11. The van der Waals surface area contributed by atoms with E-state index >= 15 is 0 Å². The van der Waals surface area contributed by atoms with Crippen LogP contribution in [-0.2, 0) is 0 Å². The number of hydrogen-bond donors (Lipinski definition) is 1. The smallest absolute Gasteiger partial charge is 0.122 e. The standard InChI is InChI=1S/C16H22ClNO/c17-14-4-5-16(19-11-12-2-1-3-12)15(10-14)13-6-8-18-9-7-13/h4-5,10,12-13,18H,1-3,6-9,11H2. The van der Waals surface area contributed by atoms with Gasteiger partial charge in [-0.3, -0.25) is 0 Å². The lowest BCUT2D eigenvalue weighted by molar-refractivity contribution is 0.178. The SMILES string of the molecule is Clc1ccc(OCC2CCC2)c(C2CCNCC2)c1. The summed E-state index contributed by atoms with van der Waals surface area (Å²) < 4.78 is 6.07. The van der Waals surface area contributed by atoms with Gasteiger partial charge in [-0.05, 0) is 74.4 Å². The maximum atomic E-state index is 6.17. The fraction of sp³-hybridized carbons (Fsp3) is 0.625. The summed E-state index contributed by atoms with van der Waals surface area (Å²) in [4.78, 5) is 0. The average molecular weight is 280 g/mol. The highest BCUT2D eigenvalue weighted by Crippen LogP contribution is 2.36. The van der Waals surface area contributed by atoms with E-state index in [0.29, 0.717) is 5.92 Å². The van der Waals surface area contributed by atoms with Crippen molar-refractivity contribution in [3.63, 3.8) is 0 Å². The van der Waals surface area contributed by atoms with Gasteiger partial charge in [-0.1, -0.05) is 18.0 Å². The predicted molar refractivity (Wildman–Crippen MR) is 79.1 cm³/mol. The molecule has 1 saturated carbocycles. The van der Waals surface area contributed by atoms with E-state index in [9.17, 15) is 0 Å². The Bertz CT molecular complexity index is 425. The van der Waals surface area contributed by atoms with Crippen molar-refractivity contribution in [2.24, 2.45) is 5.92 Å². The molecule has 0 aromatic heterocycles. The second-order valence-electron chi connectivity index (χ2n) is 5.81. The molecule has 3 heteroatoms. The third kappa shape index (κ3) is 3.24. The van der Waals surface area contributed by atoms with Crippen LogP contribution in [0.15, 0.2) is 18.2 Å². The zero-order valence-corrected chi connectivity index (χ0v) is 12.1. The monoisotopic (exact) mass is 279 g/mol. The number of hydrogen-bond acceptors (Lipinski definition) is 2. The second-order valence-corrected chi connectivity index (χ2v) is 6.25. The molecular formula is C16H22ClNO. The summed E-state index contributed by atoms with van der Waals surface area (Å²) in [7, 11) is 0. The molecule has 1 aliphatic heterocycles. The number of ether oxygens (including phenoxy) is 1. The maximum absolute atomic E-state index is 6.17. The minimum Gasteiger partial charge on any atom is -0.493 e. The lowest BCUT2D eigenvalue weighted by Crippen LogP contribution is -2.27. The summed E-state index contributed by atoms with van der Waals surface area (Å²) in [6.07, 6.45) is 6.39. The van der Waals surface area contributed by atoms with Crippen LogP contribution in [0.5, 0.6) is 5.75 Å². The first-order valence-corrected chi connectivity index (χ1v) is 7.83. The molecule has 0 unspecified atom stereocenters. The van der Waals surface area contributed by atoms with Crippen LogP contribution in [0.1, 0.15) is 43.6 Å². The van der Waals surface area contributed by atoms with Gasteiger partial charge in [0.05, 0.1) is 6.61 Å². The number of rotatable bonds is 4. The molecule has 1 saturated heterocycles. The van der Waals surface area contributed by atoms with Crippen LogP contribution in [0.4, 0.5) is 0 Å². The van der Waals surface area contributed by atoms with Gasteiger partial charge < -0.3 is 10.1 Å². The highest BCUT2D eigenvalue weighted by atomic mass is 35.5. The largest absolute Gasteiger partial charge is 0.493 e. The lowest BCUT2D eigenvalue weighted by Gasteiger charge is -2.28. The summed E-state index contributed by atoms with van der Waals surface area (Å²) in [5.41, 5.74) is 1.31. The highest BCUT2D eigenvalue weighted by Gasteiger charge is 2.22. The van der Waals surface area contributed by atoms with Crippen molar-refractivity contribution in [1.82, 2.24) is 5.32 Å². The Kier molecular flexibility index (Phi) is 4.29. The van der Waals surface area contributed by atoms with Crippen molar-refractivity contribution in [3.8, 4) is 5.75 Å². The molecule has 2 aliphatic rings. The number of piperidine rings is 1. The third-order valence-corrected chi connectivity index (χ3v) is 4.69. The van der Waals surface area contributed by atoms with E-state index < -0.39 is 0 Å². The second kappa shape index (κ2) is 6.15. The van der Waals surface area contributed by atoms with E-state index in [1.807, 2.05) is 6.07 Å². The topological polar surface area (TPSA) is 21.3 Å². The first-order valence-electron chi connectivity index (χ1n) is 7.46. The van der Waals surface area contributed by atoms with Crippen molar-refractivity contribution in [1.29, 1.82) is 0 Å². The van der Waals surface area contributed by atoms with E-state index in [4.69, 9.17) is 16.3 Å². The highest BCUT2D eigenvalue weighted by molar-refractivity contribution is 6.30.